The Bertz CT molecular complexity index is 1300. The molecule has 5 rings (SSSR count). The van der Waals surface area contributed by atoms with Gasteiger partial charge in [-0.2, -0.15) is 13.2 Å². The summed E-state index contributed by atoms with van der Waals surface area (Å²) in [7, 11) is 1.72. The molecule has 2 aliphatic heterocycles. The number of nitrogens with zero attached hydrogens (tertiary/aromatic N) is 2. The highest BCUT2D eigenvalue weighted by molar-refractivity contribution is 5.96. The average molecular weight is 615 g/mol. The molecule has 3 aliphatic rings. The fourth-order valence-electron chi connectivity index (χ4n) is 6.76. The largest absolute Gasteiger partial charge is 0.416 e. The lowest BCUT2D eigenvalue weighted by molar-refractivity contribution is -0.137. The molecule has 2 aromatic rings. The first-order valence-electron chi connectivity index (χ1n) is 15.5. The number of piperidine rings is 1. The number of ether oxygens (including phenoxy) is 1. The summed E-state index contributed by atoms with van der Waals surface area (Å²) in [5.74, 6) is -0.530. The summed E-state index contributed by atoms with van der Waals surface area (Å²) in [6.45, 7) is 2.78. The molecule has 0 aromatic heterocycles. The highest BCUT2D eigenvalue weighted by Crippen LogP contribution is 2.36. The van der Waals surface area contributed by atoms with Gasteiger partial charge in [-0.15, -0.1) is 0 Å². The van der Waals surface area contributed by atoms with Crippen molar-refractivity contribution in [2.75, 3.05) is 39.8 Å². The van der Waals surface area contributed by atoms with E-state index in [1.54, 1.807) is 7.11 Å². The van der Waals surface area contributed by atoms with Crippen LogP contribution in [-0.2, 0) is 15.7 Å². The molecule has 2 aromatic carbocycles. The van der Waals surface area contributed by atoms with Gasteiger partial charge in [0.05, 0.1) is 18.2 Å². The third-order valence-corrected chi connectivity index (χ3v) is 9.35. The average Bonchev–Trinajstić information content (AvgIpc) is 3.51. The quantitative estimate of drug-likeness (QED) is 0.454. The Morgan fingerprint density at radius 1 is 0.886 bits per heavy atom. The molecular formula is C33H41F3N4O4. The Kier molecular flexibility index (Phi) is 10.3. The van der Waals surface area contributed by atoms with Crippen molar-refractivity contribution in [1.29, 1.82) is 0 Å². The number of carbonyl (C=O) groups excluding carboxylic acids is 3. The smallest absolute Gasteiger partial charge is 0.381 e. The molecule has 3 fully saturated rings. The molecule has 0 radical (unpaired) electrons. The molecule has 0 spiro atoms. The Hall–Kier alpha value is -3.44. The number of hydrogen-bond acceptors (Lipinski definition) is 5. The first kappa shape index (κ1) is 32.0. The minimum Gasteiger partial charge on any atom is -0.381 e. The molecule has 2 N–H and O–H groups in total. The Morgan fingerprint density at radius 2 is 1.59 bits per heavy atom. The molecule has 0 unspecified atom stereocenters. The number of halogens is 3. The van der Waals surface area contributed by atoms with Crippen LogP contribution in [0.3, 0.4) is 0 Å². The molecule has 0 bridgehead atoms. The molecule has 238 valence electrons. The fourth-order valence-corrected chi connectivity index (χ4v) is 6.76. The van der Waals surface area contributed by atoms with Crippen LogP contribution < -0.4 is 10.6 Å². The number of methoxy groups -OCH3 is 1. The van der Waals surface area contributed by atoms with Gasteiger partial charge in [-0.05, 0) is 86.8 Å². The summed E-state index contributed by atoms with van der Waals surface area (Å²) in [5.41, 5.74) is 0.961. The van der Waals surface area contributed by atoms with E-state index in [0.717, 1.165) is 88.8 Å². The maximum Gasteiger partial charge on any atom is 0.416 e. The summed E-state index contributed by atoms with van der Waals surface area (Å²) in [6.07, 6.45) is 2.51. The molecule has 1 saturated carbocycles. The van der Waals surface area contributed by atoms with E-state index >= 15 is 0 Å². The van der Waals surface area contributed by atoms with E-state index in [4.69, 9.17) is 4.74 Å². The minimum absolute atomic E-state index is 0.0314. The van der Waals surface area contributed by atoms with E-state index in [9.17, 15) is 27.6 Å². The van der Waals surface area contributed by atoms with Gasteiger partial charge < -0.3 is 20.3 Å². The van der Waals surface area contributed by atoms with E-state index in [0.29, 0.717) is 12.0 Å². The van der Waals surface area contributed by atoms with E-state index in [-0.39, 0.29) is 36.1 Å². The van der Waals surface area contributed by atoms with Crippen molar-refractivity contribution in [2.45, 2.75) is 75.2 Å². The number of hydrogen-bond donors (Lipinski definition) is 2. The normalized spacial score (nSPS) is 23.4. The van der Waals surface area contributed by atoms with Crippen LogP contribution in [0.1, 0.15) is 82.7 Å². The summed E-state index contributed by atoms with van der Waals surface area (Å²) in [5, 5.41) is 5.37. The zero-order valence-electron chi connectivity index (χ0n) is 25.1. The van der Waals surface area contributed by atoms with Crippen molar-refractivity contribution < 1.29 is 32.3 Å². The van der Waals surface area contributed by atoms with Crippen molar-refractivity contribution in [3.05, 3.63) is 70.8 Å². The second kappa shape index (κ2) is 14.1. The van der Waals surface area contributed by atoms with E-state index in [1.807, 2.05) is 17.0 Å². The summed E-state index contributed by atoms with van der Waals surface area (Å²) < 4.78 is 44.2. The number of likely N-dealkylation sites (tertiary alicyclic amines) is 2. The Morgan fingerprint density at radius 3 is 2.25 bits per heavy atom. The molecular weight excluding hydrogens is 573 g/mol. The van der Waals surface area contributed by atoms with Crippen molar-refractivity contribution >= 4 is 17.7 Å². The molecule has 2 saturated heterocycles. The zero-order chi connectivity index (χ0) is 31.3. The summed E-state index contributed by atoms with van der Waals surface area (Å²) >= 11 is 0. The third kappa shape index (κ3) is 7.98. The molecule has 3 amide bonds. The number of benzene rings is 2. The lowest BCUT2D eigenvalue weighted by Crippen LogP contribution is -2.44. The van der Waals surface area contributed by atoms with Gasteiger partial charge in [0.2, 0.25) is 5.91 Å². The number of carbonyl (C=O) groups is 3. The highest BCUT2D eigenvalue weighted by Gasteiger charge is 2.33. The molecule has 1 aliphatic carbocycles. The molecule has 11 heteroatoms. The van der Waals surface area contributed by atoms with Crippen molar-refractivity contribution in [3.8, 4) is 0 Å². The van der Waals surface area contributed by atoms with Crippen LogP contribution in [0.4, 0.5) is 13.2 Å². The van der Waals surface area contributed by atoms with Crippen LogP contribution in [0.25, 0.3) is 0 Å². The Labute approximate surface area is 256 Å². The van der Waals surface area contributed by atoms with Crippen LogP contribution in [0.5, 0.6) is 0 Å². The number of alkyl halides is 3. The van der Waals surface area contributed by atoms with Crippen LogP contribution in [0.15, 0.2) is 48.5 Å². The molecule has 44 heavy (non-hydrogen) atoms. The van der Waals surface area contributed by atoms with Crippen LogP contribution in [0.2, 0.25) is 0 Å². The van der Waals surface area contributed by atoms with Crippen molar-refractivity contribution in [2.24, 2.45) is 0 Å². The number of amides is 3. The monoisotopic (exact) mass is 614 g/mol. The zero-order valence-corrected chi connectivity index (χ0v) is 25.1. The van der Waals surface area contributed by atoms with Gasteiger partial charge in [0.15, 0.2) is 0 Å². The molecule has 1 atom stereocenters. The van der Waals surface area contributed by atoms with Gasteiger partial charge in [0.25, 0.3) is 11.8 Å². The van der Waals surface area contributed by atoms with Crippen LogP contribution in [0, 0.1) is 0 Å². The third-order valence-electron chi connectivity index (χ3n) is 9.35. The summed E-state index contributed by atoms with van der Waals surface area (Å²) in [6, 6.07) is 12.7. The van der Waals surface area contributed by atoms with Crippen LogP contribution in [-0.4, -0.2) is 85.5 Å². The SMILES string of the molecule is COC1CCN(C(=O)c2ccc(C3CCC(N4CC[C@@H](NC(=O)CNC(=O)c5cccc(C(F)(F)F)c5)C4)CC3)cc2)CC1. The van der Waals surface area contributed by atoms with Gasteiger partial charge in [-0.3, -0.25) is 19.3 Å². The van der Waals surface area contributed by atoms with Crippen molar-refractivity contribution in [3.63, 3.8) is 0 Å². The van der Waals surface area contributed by atoms with E-state index < -0.39 is 17.6 Å². The molecule has 2 heterocycles. The molecule has 8 nitrogen and oxygen atoms in total. The lowest BCUT2D eigenvalue weighted by Gasteiger charge is -2.35. The predicted octanol–water partition coefficient (Wildman–Crippen LogP) is 4.60. The van der Waals surface area contributed by atoms with Crippen molar-refractivity contribution in [1.82, 2.24) is 20.4 Å². The maximum atomic E-state index is 12.9. The second-order valence-corrected chi connectivity index (χ2v) is 12.2. The van der Waals surface area contributed by atoms with Gasteiger partial charge in [-0.25, -0.2) is 0 Å². The second-order valence-electron chi connectivity index (χ2n) is 12.2. The Balaban J connectivity index is 1.02. The van der Waals surface area contributed by atoms with Gasteiger partial charge in [-0.1, -0.05) is 18.2 Å². The van der Waals surface area contributed by atoms with Gasteiger partial charge >= 0.3 is 6.18 Å². The standard InChI is InChI=1S/C33H41F3N4O4/c1-44-29-14-17-39(18-15-29)32(43)24-7-5-22(6-8-24)23-9-11-28(12-10-23)40-16-13-27(21-40)38-30(41)20-37-31(42)25-3-2-4-26(19-25)33(34,35)36/h2-8,19,23,27-29H,9-18,20-21H2,1H3,(H,37,42)(H,38,41)/t23?,27-,28?/m1/s1. The topological polar surface area (TPSA) is 91.0 Å². The minimum atomic E-state index is -4.54. The first-order chi connectivity index (χ1) is 21.1. The highest BCUT2D eigenvalue weighted by atomic mass is 19.4. The number of nitrogens with one attached hydrogen (secondary N) is 2. The van der Waals surface area contributed by atoms with Gasteiger partial charge in [0, 0.05) is 56.5 Å². The maximum absolute atomic E-state index is 12.9. The van der Waals surface area contributed by atoms with E-state index in [2.05, 4.69) is 27.7 Å². The number of rotatable bonds is 8. The van der Waals surface area contributed by atoms with Gasteiger partial charge in [0.1, 0.15) is 0 Å². The van der Waals surface area contributed by atoms with E-state index in [1.165, 1.54) is 17.7 Å². The fraction of sp³-hybridized carbons (Fsp3) is 0.545. The first-order valence-corrected chi connectivity index (χ1v) is 15.5. The van der Waals surface area contributed by atoms with Crippen LogP contribution >= 0.6 is 0 Å². The predicted molar refractivity (Wildman–Crippen MR) is 159 cm³/mol. The lowest BCUT2D eigenvalue weighted by atomic mass is 9.81. The summed E-state index contributed by atoms with van der Waals surface area (Å²) in [4.78, 5) is 42.0.